The van der Waals surface area contributed by atoms with Crippen LogP contribution < -0.4 is 5.73 Å². The molecule has 1 aromatic rings. The fraction of sp³-hybridized carbons (Fsp3) is 0.500. The monoisotopic (exact) mass is 253 g/mol. The minimum absolute atomic E-state index is 0.269. The zero-order chi connectivity index (χ0) is 10.5. The molecule has 14 heavy (non-hydrogen) atoms. The second-order valence-electron chi connectivity index (χ2n) is 4.83. The normalized spacial score (nSPS) is 28.9. The van der Waals surface area contributed by atoms with E-state index in [4.69, 9.17) is 5.73 Å². The van der Waals surface area contributed by atoms with Crippen LogP contribution in [0.2, 0.25) is 0 Å². The van der Waals surface area contributed by atoms with E-state index < -0.39 is 0 Å². The summed E-state index contributed by atoms with van der Waals surface area (Å²) in [5.74, 6) is 0.528. The second-order valence-corrected chi connectivity index (χ2v) is 5.74. The molecule has 1 nitrogen and oxygen atoms in total. The van der Waals surface area contributed by atoms with Gasteiger partial charge in [0.05, 0.1) is 0 Å². The molecule has 1 aliphatic carbocycles. The van der Waals surface area contributed by atoms with Crippen LogP contribution in [0.1, 0.15) is 30.9 Å². The Morgan fingerprint density at radius 2 is 1.93 bits per heavy atom. The summed E-state index contributed by atoms with van der Waals surface area (Å²) in [5.41, 5.74) is 9.10. The molecule has 0 heterocycles. The number of nitrogens with two attached hydrogens (primary N) is 1. The molecule has 0 saturated heterocycles. The third-order valence-electron chi connectivity index (χ3n) is 3.49. The maximum absolute atomic E-state index is 6.08. The Bertz CT molecular complexity index is 371. The molecule has 0 bridgehead atoms. The molecule has 1 aromatic carbocycles. The summed E-state index contributed by atoms with van der Waals surface area (Å²) < 4.78 is 1.15. The number of rotatable bonds is 1. The summed E-state index contributed by atoms with van der Waals surface area (Å²) in [4.78, 5) is 0. The first-order valence-electron chi connectivity index (χ1n) is 4.96. The average Bonchev–Trinajstić information content (AvgIpc) is 2.58. The van der Waals surface area contributed by atoms with Gasteiger partial charge in [0.15, 0.2) is 0 Å². The number of halogens is 1. The van der Waals surface area contributed by atoms with Gasteiger partial charge < -0.3 is 5.73 Å². The van der Waals surface area contributed by atoms with Gasteiger partial charge in [0.1, 0.15) is 0 Å². The Morgan fingerprint density at radius 1 is 1.36 bits per heavy atom. The lowest BCUT2D eigenvalue weighted by Crippen LogP contribution is -2.06. The molecule has 1 saturated carbocycles. The molecular formula is C12H16BrN. The van der Waals surface area contributed by atoms with Gasteiger partial charge in [-0.1, -0.05) is 35.8 Å². The van der Waals surface area contributed by atoms with Crippen molar-refractivity contribution in [2.45, 2.75) is 32.7 Å². The number of hydrogen-bond donors (Lipinski definition) is 1. The smallest absolute Gasteiger partial charge is 0.0178 e. The van der Waals surface area contributed by atoms with Crippen LogP contribution in [0, 0.1) is 12.3 Å². The van der Waals surface area contributed by atoms with Gasteiger partial charge in [-0.25, -0.2) is 0 Å². The minimum Gasteiger partial charge on any atom is -0.327 e. The summed E-state index contributed by atoms with van der Waals surface area (Å²) >= 11 is 3.51. The topological polar surface area (TPSA) is 26.0 Å². The van der Waals surface area contributed by atoms with Crippen molar-refractivity contribution in [2.24, 2.45) is 11.1 Å². The molecule has 0 amide bonds. The van der Waals surface area contributed by atoms with Gasteiger partial charge in [-0.2, -0.15) is 0 Å². The highest BCUT2D eigenvalue weighted by Gasteiger charge is 2.56. The molecule has 0 aromatic heterocycles. The van der Waals surface area contributed by atoms with Gasteiger partial charge in [0.2, 0.25) is 0 Å². The van der Waals surface area contributed by atoms with Crippen LogP contribution in [0.5, 0.6) is 0 Å². The van der Waals surface area contributed by atoms with Gasteiger partial charge >= 0.3 is 0 Å². The molecule has 1 aliphatic rings. The number of aryl methyl sites for hydroxylation is 1. The predicted molar refractivity (Wildman–Crippen MR) is 63.4 cm³/mol. The van der Waals surface area contributed by atoms with E-state index in [1.807, 2.05) is 0 Å². The van der Waals surface area contributed by atoms with Gasteiger partial charge in [-0.05, 0) is 35.6 Å². The Labute approximate surface area is 93.8 Å². The van der Waals surface area contributed by atoms with Crippen LogP contribution in [-0.4, -0.2) is 6.04 Å². The molecule has 76 valence electrons. The lowest BCUT2D eigenvalue weighted by Gasteiger charge is -2.07. The SMILES string of the molecule is Cc1ccc(Br)cc1[C@@H]1[C@@H](N)C1(C)C. The van der Waals surface area contributed by atoms with Gasteiger partial charge in [0, 0.05) is 16.4 Å². The molecule has 1 fully saturated rings. The summed E-state index contributed by atoms with van der Waals surface area (Å²) in [6.07, 6.45) is 0. The summed E-state index contributed by atoms with van der Waals surface area (Å²) in [6, 6.07) is 6.75. The van der Waals surface area contributed by atoms with E-state index in [9.17, 15) is 0 Å². The Kier molecular flexibility index (Phi) is 2.24. The minimum atomic E-state index is 0.269. The highest BCUT2D eigenvalue weighted by molar-refractivity contribution is 9.10. The van der Waals surface area contributed by atoms with E-state index in [1.54, 1.807) is 0 Å². The Morgan fingerprint density at radius 3 is 2.43 bits per heavy atom. The molecule has 0 spiro atoms. The van der Waals surface area contributed by atoms with Crippen LogP contribution in [0.25, 0.3) is 0 Å². The van der Waals surface area contributed by atoms with Crippen LogP contribution in [-0.2, 0) is 0 Å². The van der Waals surface area contributed by atoms with Crippen molar-refractivity contribution in [1.29, 1.82) is 0 Å². The van der Waals surface area contributed by atoms with Crippen molar-refractivity contribution in [3.05, 3.63) is 33.8 Å². The molecule has 2 atom stereocenters. The molecule has 0 radical (unpaired) electrons. The van der Waals surface area contributed by atoms with E-state index in [-0.39, 0.29) is 5.41 Å². The highest BCUT2D eigenvalue weighted by Crippen LogP contribution is 2.58. The fourth-order valence-electron chi connectivity index (χ4n) is 2.22. The first kappa shape index (κ1) is 10.2. The van der Waals surface area contributed by atoms with E-state index in [1.165, 1.54) is 11.1 Å². The average molecular weight is 254 g/mol. The predicted octanol–water partition coefficient (Wildman–Crippen LogP) is 3.21. The summed E-state index contributed by atoms with van der Waals surface area (Å²) in [7, 11) is 0. The Hall–Kier alpha value is -0.340. The highest BCUT2D eigenvalue weighted by atomic mass is 79.9. The van der Waals surface area contributed by atoms with Crippen LogP contribution >= 0.6 is 15.9 Å². The third-order valence-corrected chi connectivity index (χ3v) is 3.98. The number of hydrogen-bond acceptors (Lipinski definition) is 1. The van der Waals surface area contributed by atoms with E-state index in [0.717, 1.165) is 4.47 Å². The maximum atomic E-state index is 6.08. The van der Waals surface area contributed by atoms with Crippen molar-refractivity contribution in [3.8, 4) is 0 Å². The largest absolute Gasteiger partial charge is 0.327 e. The van der Waals surface area contributed by atoms with Crippen LogP contribution in [0.3, 0.4) is 0 Å². The van der Waals surface area contributed by atoms with Crippen molar-refractivity contribution >= 4 is 15.9 Å². The third kappa shape index (κ3) is 1.41. The van der Waals surface area contributed by atoms with Crippen LogP contribution in [0.15, 0.2) is 22.7 Å². The summed E-state index contributed by atoms with van der Waals surface area (Å²) in [5, 5.41) is 0. The first-order valence-corrected chi connectivity index (χ1v) is 5.75. The van der Waals surface area contributed by atoms with Crippen molar-refractivity contribution in [3.63, 3.8) is 0 Å². The standard InChI is InChI=1S/C12H16BrN/c1-7-4-5-8(13)6-9(7)10-11(14)12(10,2)3/h4-6,10-11H,14H2,1-3H3/t10-,11-/m1/s1. The van der Waals surface area contributed by atoms with Crippen molar-refractivity contribution in [2.75, 3.05) is 0 Å². The second kappa shape index (κ2) is 3.07. The van der Waals surface area contributed by atoms with Gasteiger partial charge in [-0.15, -0.1) is 0 Å². The molecule has 2 rings (SSSR count). The summed E-state index contributed by atoms with van der Waals surface area (Å²) in [6.45, 7) is 6.63. The Balaban J connectivity index is 2.39. The quantitative estimate of drug-likeness (QED) is 0.818. The molecule has 0 unspecified atom stereocenters. The lowest BCUT2D eigenvalue weighted by atomic mass is 9.99. The molecule has 0 aliphatic heterocycles. The van der Waals surface area contributed by atoms with E-state index in [0.29, 0.717) is 12.0 Å². The van der Waals surface area contributed by atoms with E-state index in [2.05, 4.69) is 54.9 Å². The number of benzene rings is 1. The molecular weight excluding hydrogens is 238 g/mol. The zero-order valence-corrected chi connectivity index (χ0v) is 10.4. The lowest BCUT2D eigenvalue weighted by molar-refractivity contribution is 0.598. The van der Waals surface area contributed by atoms with Gasteiger partial charge in [-0.3, -0.25) is 0 Å². The maximum Gasteiger partial charge on any atom is 0.0178 e. The fourth-order valence-corrected chi connectivity index (χ4v) is 2.60. The van der Waals surface area contributed by atoms with Crippen molar-refractivity contribution < 1.29 is 0 Å². The molecule has 2 heteroatoms. The van der Waals surface area contributed by atoms with Crippen LogP contribution in [0.4, 0.5) is 0 Å². The van der Waals surface area contributed by atoms with Gasteiger partial charge in [0.25, 0.3) is 0 Å². The van der Waals surface area contributed by atoms with Crippen molar-refractivity contribution in [1.82, 2.24) is 0 Å². The zero-order valence-electron chi connectivity index (χ0n) is 8.84. The molecule has 2 N–H and O–H groups in total. The first-order chi connectivity index (χ1) is 6.44. The van der Waals surface area contributed by atoms with E-state index >= 15 is 0 Å².